The lowest BCUT2D eigenvalue weighted by molar-refractivity contribution is 0.111. The Bertz CT molecular complexity index is 957. The van der Waals surface area contributed by atoms with Crippen LogP contribution in [0.4, 0.5) is 0 Å². The van der Waals surface area contributed by atoms with Gasteiger partial charge in [0, 0.05) is 5.41 Å². The van der Waals surface area contributed by atoms with Crippen LogP contribution >= 0.6 is 0 Å². The molecule has 8 rings (SSSR count). The van der Waals surface area contributed by atoms with E-state index in [4.69, 9.17) is 18.9 Å². The number of allylic oxidation sites excluding steroid dienone is 2. The van der Waals surface area contributed by atoms with Gasteiger partial charge < -0.3 is 18.9 Å². The lowest BCUT2D eigenvalue weighted by Crippen LogP contribution is -2.50. The average Bonchev–Trinajstić information content (AvgIpc) is 3.73. The molecule has 32 heavy (non-hydrogen) atoms. The van der Waals surface area contributed by atoms with Crippen molar-refractivity contribution in [2.75, 3.05) is 26.4 Å². The normalized spacial score (nSPS) is 36.0. The molecule has 0 amide bonds. The summed E-state index contributed by atoms with van der Waals surface area (Å²) < 4.78 is 22.4. The van der Waals surface area contributed by atoms with Crippen molar-refractivity contribution in [2.45, 2.75) is 43.3 Å². The van der Waals surface area contributed by atoms with Gasteiger partial charge in [0.05, 0.1) is 13.2 Å². The Balaban J connectivity index is 1.24. The Morgan fingerprint density at radius 3 is 1.78 bits per heavy atom. The van der Waals surface area contributed by atoms with Gasteiger partial charge in [-0.05, 0) is 78.8 Å². The fourth-order valence-electron chi connectivity index (χ4n) is 6.70. The maximum atomic E-state index is 5.93. The zero-order chi connectivity index (χ0) is 21.1. The molecule has 2 aliphatic heterocycles. The largest absolute Gasteiger partial charge is 0.491 e. The number of hydrogen-bond acceptors (Lipinski definition) is 4. The minimum absolute atomic E-state index is 0.0241. The SMILES string of the molecule is C1=C2CC3CC1CC(C3)C2(c1ccc(OCC2CO2)cc1)c1ccc(OCC2CO2)cc1. The third-order valence-corrected chi connectivity index (χ3v) is 8.20. The first-order valence-electron chi connectivity index (χ1n) is 12.2. The Labute approximate surface area is 189 Å². The monoisotopic (exact) mass is 430 g/mol. The van der Waals surface area contributed by atoms with E-state index in [0.717, 1.165) is 36.5 Å². The Morgan fingerprint density at radius 2 is 1.31 bits per heavy atom. The zero-order valence-corrected chi connectivity index (χ0v) is 18.4. The van der Waals surface area contributed by atoms with Crippen molar-refractivity contribution >= 4 is 0 Å². The van der Waals surface area contributed by atoms with E-state index in [2.05, 4.69) is 54.6 Å². The first kappa shape index (κ1) is 19.2. The van der Waals surface area contributed by atoms with Crippen LogP contribution in [0.15, 0.2) is 60.2 Å². The third kappa shape index (κ3) is 3.27. The lowest BCUT2D eigenvalue weighted by atomic mass is 9.46. The van der Waals surface area contributed by atoms with E-state index in [9.17, 15) is 0 Å². The zero-order valence-electron chi connectivity index (χ0n) is 18.4. The predicted octanol–water partition coefficient (Wildman–Crippen LogP) is 4.90. The maximum Gasteiger partial charge on any atom is 0.119 e. The van der Waals surface area contributed by atoms with Gasteiger partial charge in [0.25, 0.3) is 0 Å². The highest BCUT2D eigenvalue weighted by molar-refractivity contribution is 5.54. The molecule has 0 radical (unpaired) electrons. The van der Waals surface area contributed by atoms with Crippen LogP contribution in [0.1, 0.15) is 36.8 Å². The first-order valence-corrected chi connectivity index (χ1v) is 12.2. The van der Waals surface area contributed by atoms with Crippen LogP contribution in [0.2, 0.25) is 0 Å². The van der Waals surface area contributed by atoms with Crippen LogP contribution in [0.25, 0.3) is 0 Å². The molecule has 2 heterocycles. The number of benzene rings is 2. The fourth-order valence-corrected chi connectivity index (χ4v) is 6.70. The fraction of sp³-hybridized carbons (Fsp3) is 0.500. The summed E-state index contributed by atoms with van der Waals surface area (Å²) in [6.45, 7) is 2.95. The Kier molecular flexibility index (Phi) is 4.41. The van der Waals surface area contributed by atoms with Crippen LogP contribution in [0, 0.1) is 17.8 Å². The van der Waals surface area contributed by atoms with Gasteiger partial charge in [-0.1, -0.05) is 35.9 Å². The maximum absolute atomic E-state index is 5.93. The van der Waals surface area contributed by atoms with Gasteiger partial charge in [-0.25, -0.2) is 0 Å². The molecule has 2 aromatic rings. The number of hydrogen-bond donors (Lipinski definition) is 0. The molecule has 2 saturated heterocycles. The van der Waals surface area contributed by atoms with Crippen molar-refractivity contribution in [3.05, 3.63) is 71.3 Å². The van der Waals surface area contributed by atoms with Gasteiger partial charge in [0.1, 0.15) is 36.9 Å². The molecule has 0 N–H and O–H groups in total. The molecule has 4 nitrogen and oxygen atoms in total. The van der Waals surface area contributed by atoms with E-state index < -0.39 is 0 Å². The number of ether oxygens (including phenoxy) is 4. The molecule has 166 valence electrons. The average molecular weight is 431 g/mol. The number of rotatable bonds is 8. The smallest absolute Gasteiger partial charge is 0.119 e. The van der Waals surface area contributed by atoms with Crippen LogP contribution < -0.4 is 9.47 Å². The molecule has 4 heteroatoms. The molecular weight excluding hydrogens is 400 g/mol. The second kappa shape index (κ2) is 7.36. The van der Waals surface area contributed by atoms with Gasteiger partial charge >= 0.3 is 0 Å². The van der Waals surface area contributed by atoms with Crippen molar-refractivity contribution in [1.82, 2.24) is 0 Å². The minimum atomic E-state index is -0.0241. The van der Waals surface area contributed by atoms with Crippen molar-refractivity contribution < 1.29 is 18.9 Å². The summed E-state index contributed by atoms with van der Waals surface area (Å²) in [7, 11) is 0. The summed E-state index contributed by atoms with van der Waals surface area (Å²) in [6, 6.07) is 17.8. The van der Waals surface area contributed by atoms with Crippen LogP contribution in [0.5, 0.6) is 11.5 Å². The van der Waals surface area contributed by atoms with Crippen LogP contribution in [0.3, 0.4) is 0 Å². The second-order valence-electron chi connectivity index (χ2n) is 10.3. The molecule has 4 aliphatic carbocycles. The molecule has 0 spiro atoms. The lowest BCUT2D eigenvalue weighted by Gasteiger charge is -2.57. The first-order chi connectivity index (χ1) is 15.8. The van der Waals surface area contributed by atoms with Crippen LogP contribution in [-0.2, 0) is 14.9 Å². The number of epoxide rings is 2. The molecule has 5 atom stereocenters. The van der Waals surface area contributed by atoms with Crippen molar-refractivity contribution in [1.29, 1.82) is 0 Å². The van der Waals surface area contributed by atoms with Gasteiger partial charge in [-0.2, -0.15) is 0 Å². The standard InChI is InChI=1S/C28H30O4/c1-5-24(29-14-26-16-31-26)6-2-20(1)28(22-10-18-9-19(12-22)13-23(28)11-18)21-3-7-25(8-4-21)30-15-27-17-32-27/h1-8,10,18-19,23,26-27H,9,11-17H2. The quantitative estimate of drug-likeness (QED) is 0.441. The highest BCUT2D eigenvalue weighted by Crippen LogP contribution is 2.62. The topological polar surface area (TPSA) is 43.5 Å². The van der Waals surface area contributed by atoms with E-state index >= 15 is 0 Å². The molecule has 4 bridgehead atoms. The van der Waals surface area contributed by atoms with Gasteiger partial charge in [0.15, 0.2) is 0 Å². The molecule has 4 fully saturated rings. The predicted molar refractivity (Wildman–Crippen MR) is 121 cm³/mol. The summed E-state index contributed by atoms with van der Waals surface area (Å²) in [6.07, 6.45) is 8.45. The van der Waals surface area contributed by atoms with E-state index in [0.29, 0.717) is 19.1 Å². The Morgan fingerprint density at radius 1 is 0.750 bits per heavy atom. The molecule has 2 saturated carbocycles. The summed E-state index contributed by atoms with van der Waals surface area (Å²) in [5, 5.41) is 0. The minimum Gasteiger partial charge on any atom is -0.491 e. The van der Waals surface area contributed by atoms with Crippen molar-refractivity contribution in [3.8, 4) is 11.5 Å². The summed E-state index contributed by atoms with van der Waals surface area (Å²) >= 11 is 0. The molecular formula is C28H30O4. The Hall–Kier alpha value is -2.30. The van der Waals surface area contributed by atoms with Gasteiger partial charge in [-0.15, -0.1) is 0 Å². The molecule has 5 unspecified atom stereocenters. The van der Waals surface area contributed by atoms with Crippen molar-refractivity contribution in [3.63, 3.8) is 0 Å². The highest BCUT2D eigenvalue weighted by Gasteiger charge is 2.54. The third-order valence-electron chi connectivity index (χ3n) is 8.20. The van der Waals surface area contributed by atoms with Gasteiger partial charge in [0.2, 0.25) is 0 Å². The van der Waals surface area contributed by atoms with Crippen molar-refractivity contribution in [2.24, 2.45) is 17.8 Å². The van der Waals surface area contributed by atoms with E-state index in [1.807, 2.05) is 0 Å². The molecule has 6 aliphatic rings. The van der Waals surface area contributed by atoms with Gasteiger partial charge in [-0.3, -0.25) is 0 Å². The highest BCUT2D eigenvalue weighted by atomic mass is 16.6. The van der Waals surface area contributed by atoms with E-state index in [1.165, 1.54) is 36.8 Å². The van der Waals surface area contributed by atoms with Crippen LogP contribution in [-0.4, -0.2) is 38.6 Å². The molecule has 2 aromatic carbocycles. The summed E-state index contributed by atoms with van der Waals surface area (Å²) in [4.78, 5) is 0. The summed E-state index contributed by atoms with van der Waals surface area (Å²) in [5.41, 5.74) is 4.43. The van der Waals surface area contributed by atoms with E-state index in [-0.39, 0.29) is 17.6 Å². The molecule has 0 aromatic heterocycles. The second-order valence-corrected chi connectivity index (χ2v) is 10.3. The van der Waals surface area contributed by atoms with E-state index in [1.54, 1.807) is 5.57 Å². The summed E-state index contributed by atoms with van der Waals surface area (Å²) in [5.74, 6) is 4.18.